The average molecular weight is 287 g/mol. The van der Waals surface area contributed by atoms with Crippen molar-refractivity contribution in [2.24, 2.45) is 0 Å². The van der Waals surface area contributed by atoms with Crippen LogP contribution in [-0.4, -0.2) is 20.3 Å². The molecule has 21 heavy (non-hydrogen) atoms. The van der Waals surface area contributed by atoms with Crippen LogP contribution in [0.2, 0.25) is 0 Å². The summed E-state index contributed by atoms with van der Waals surface area (Å²) in [6.07, 6.45) is 0.961. The number of nitrogens with one attached hydrogen (secondary N) is 1. The van der Waals surface area contributed by atoms with E-state index in [1.807, 2.05) is 24.3 Å². The molecule has 0 amide bonds. The fourth-order valence-electron chi connectivity index (χ4n) is 2.65. The van der Waals surface area contributed by atoms with Gasteiger partial charge in [0.1, 0.15) is 5.75 Å². The van der Waals surface area contributed by atoms with Gasteiger partial charge in [0.15, 0.2) is 11.6 Å². The molecule has 2 aromatic carbocycles. The first-order valence-electron chi connectivity index (χ1n) is 7.07. The fourth-order valence-corrected chi connectivity index (χ4v) is 2.65. The summed E-state index contributed by atoms with van der Waals surface area (Å²) >= 11 is 0. The smallest absolute Gasteiger partial charge is 0.167 e. The topological polar surface area (TPSA) is 30.5 Å². The summed E-state index contributed by atoms with van der Waals surface area (Å²) in [7, 11) is 1.46. The van der Waals surface area contributed by atoms with Gasteiger partial charge >= 0.3 is 0 Å². The van der Waals surface area contributed by atoms with Crippen molar-refractivity contribution in [3.05, 3.63) is 53.8 Å². The fraction of sp³-hybridized carbons (Fsp3) is 0.294. The van der Waals surface area contributed by atoms with Gasteiger partial charge in [0, 0.05) is 24.2 Å². The highest BCUT2D eigenvalue weighted by Crippen LogP contribution is 2.33. The molecule has 3 nitrogen and oxygen atoms in total. The molecule has 3 rings (SSSR count). The number of hydrogen-bond donors (Lipinski definition) is 1. The summed E-state index contributed by atoms with van der Waals surface area (Å²) in [5.41, 5.74) is 1.97. The monoisotopic (exact) mass is 287 g/mol. The highest BCUT2D eigenvalue weighted by Gasteiger charge is 2.20. The van der Waals surface area contributed by atoms with E-state index in [1.165, 1.54) is 18.7 Å². The third-order valence-corrected chi connectivity index (χ3v) is 3.79. The lowest BCUT2D eigenvalue weighted by Crippen LogP contribution is -2.20. The summed E-state index contributed by atoms with van der Waals surface area (Å²) in [5, 5.41) is 3.30. The van der Waals surface area contributed by atoms with Gasteiger partial charge in [0.2, 0.25) is 0 Å². The average Bonchev–Trinajstić information content (AvgIpc) is 2.53. The van der Waals surface area contributed by atoms with Crippen LogP contribution in [-0.2, 0) is 0 Å². The summed E-state index contributed by atoms with van der Waals surface area (Å²) in [6, 6.07) is 13.0. The van der Waals surface area contributed by atoms with Crippen molar-refractivity contribution in [2.45, 2.75) is 12.3 Å². The third kappa shape index (κ3) is 2.94. The van der Waals surface area contributed by atoms with Gasteiger partial charge < -0.3 is 14.8 Å². The van der Waals surface area contributed by atoms with E-state index in [1.54, 1.807) is 6.07 Å². The summed E-state index contributed by atoms with van der Waals surface area (Å²) in [5.74, 6) is 1.24. The Balaban J connectivity index is 1.70. The maximum atomic E-state index is 13.7. The van der Waals surface area contributed by atoms with E-state index in [0.29, 0.717) is 5.92 Å². The van der Waals surface area contributed by atoms with Crippen LogP contribution >= 0.6 is 0 Å². The van der Waals surface area contributed by atoms with Crippen LogP contribution in [0.15, 0.2) is 42.5 Å². The van der Waals surface area contributed by atoms with Crippen LogP contribution in [0.1, 0.15) is 17.9 Å². The van der Waals surface area contributed by atoms with Crippen molar-refractivity contribution in [1.82, 2.24) is 0 Å². The molecule has 2 aromatic rings. The van der Waals surface area contributed by atoms with Crippen LogP contribution in [0.25, 0.3) is 0 Å². The van der Waals surface area contributed by atoms with Crippen LogP contribution in [0.4, 0.5) is 10.1 Å². The molecule has 0 aliphatic carbocycles. The highest BCUT2D eigenvalue weighted by atomic mass is 19.1. The third-order valence-electron chi connectivity index (χ3n) is 3.79. The van der Waals surface area contributed by atoms with Crippen molar-refractivity contribution >= 4 is 5.69 Å². The maximum absolute atomic E-state index is 13.7. The molecule has 1 N–H and O–H groups in total. The van der Waals surface area contributed by atoms with Crippen molar-refractivity contribution in [1.29, 1.82) is 0 Å². The van der Waals surface area contributed by atoms with Gasteiger partial charge in [-0.3, -0.25) is 0 Å². The van der Waals surface area contributed by atoms with Gasteiger partial charge in [-0.05, 0) is 30.2 Å². The zero-order valence-corrected chi connectivity index (χ0v) is 11.9. The molecule has 1 aliphatic heterocycles. The number of ether oxygens (including phenoxy) is 2. The van der Waals surface area contributed by atoms with E-state index in [9.17, 15) is 4.39 Å². The highest BCUT2D eigenvalue weighted by molar-refractivity contribution is 5.48. The molecule has 0 aromatic heterocycles. The van der Waals surface area contributed by atoms with Crippen LogP contribution in [0.3, 0.4) is 0 Å². The minimum absolute atomic E-state index is 0.261. The van der Waals surface area contributed by atoms with Crippen molar-refractivity contribution in [2.75, 3.05) is 25.6 Å². The molecule has 0 bridgehead atoms. The van der Waals surface area contributed by atoms with E-state index in [2.05, 4.69) is 11.4 Å². The molecule has 1 aliphatic rings. The summed E-state index contributed by atoms with van der Waals surface area (Å²) in [4.78, 5) is 0. The Hall–Kier alpha value is -2.23. The van der Waals surface area contributed by atoms with Gasteiger partial charge in [0.05, 0.1) is 13.7 Å². The van der Waals surface area contributed by atoms with E-state index < -0.39 is 0 Å². The second kappa shape index (κ2) is 6.04. The Morgan fingerprint density at radius 2 is 2.14 bits per heavy atom. The van der Waals surface area contributed by atoms with Crippen LogP contribution in [0.5, 0.6) is 11.5 Å². The molecule has 110 valence electrons. The molecule has 0 fully saturated rings. The lowest BCUT2D eigenvalue weighted by Gasteiger charge is -2.26. The number of anilines is 1. The Kier molecular flexibility index (Phi) is 3.95. The Morgan fingerprint density at radius 1 is 1.29 bits per heavy atom. The van der Waals surface area contributed by atoms with Crippen LogP contribution < -0.4 is 14.8 Å². The number of para-hydroxylation sites is 1. The zero-order chi connectivity index (χ0) is 14.7. The molecular weight excluding hydrogens is 269 g/mol. The molecule has 0 radical (unpaired) electrons. The minimum Gasteiger partial charge on any atom is -0.494 e. The first-order valence-corrected chi connectivity index (χ1v) is 7.07. The Morgan fingerprint density at radius 3 is 2.95 bits per heavy atom. The largest absolute Gasteiger partial charge is 0.494 e. The zero-order valence-electron chi connectivity index (χ0n) is 11.9. The van der Waals surface area contributed by atoms with E-state index >= 15 is 0 Å². The number of halogens is 1. The molecule has 0 saturated heterocycles. The first kappa shape index (κ1) is 13.7. The quantitative estimate of drug-likeness (QED) is 0.927. The van der Waals surface area contributed by atoms with E-state index in [-0.39, 0.29) is 11.6 Å². The van der Waals surface area contributed by atoms with E-state index in [0.717, 1.165) is 31.0 Å². The Labute approximate surface area is 123 Å². The molecule has 1 atom stereocenters. The standard InChI is InChI=1S/C17H18FNO2/c1-20-17-7-6-13(10-15(17)18)19-11-12-8-9-21-16-5-3-2-4-14(12)16/h2-7,10,12,19H,8-9,11H2,1H3. The molecular formula is C17H18FNO2. The number of benzene rings is 2. The minimum atomic E-state index is -0.352. The lowest BCUT2D eigenvalue weighted by molar-refractivity contribution is 0.270. The van der Waals surface area contributed by atoms with Crippen LogP contribution in [0, 0.1) is 5.82 Å². The molecule has 1 heterocycles. The normalized spacial score (nSPS) is 16.8. The van der Waals surface area contributed by atoms with Gasteiger partial charge in [-0.1, -0.05) is 18.2 Å². The number of fused-ring (bicyclic) bond motifs is 1. The number of methoxy groups -OCH3 is 1. The molecule has 0 saturated carbocycles. The molecule has 1 unspecified atom stereocenters. The van der Waals surface area contributed by atoms with Gasteiger partial charge in [0.25, 0.3) is 0 Å². The van der Waals surface area contributed by atoms with E-state index in [4.69, 9.17) is 9.47 Å². The molecule has 4 heteroatoms. The maximum Gasteiger partial charge on any atom is 0.167 e. The predicted octanol–water partition coefficient (Wildman–Crippen LogP) is 3.81. The lowest BCUT2D eigenvalue weighted by atomic mass is 9.93. The van der Waals surface area contributed by atoms with Crippen molar-refractivity contribution in [3.63, 3.8) is 0 Å². The summed E-state index contributed by atoms with van der Waals surface area (Å²) in [6.45, 7) is 1.48. The van der Waals surface area contributed by atoms with Gasteiger partial charge in [-0.15, -0.1) is 0 Å². The Bertz CT molecular complexity index is 630. The van der Waals surface area contributed by atoms with Crippen molar-refractivity contribution < 1.29 is 13.9 Å². The predicted molar refractivity (Wildman–Crippen MR) is 80.7 cm³/mol. The first-order chi connectivity index (χ1) is 10.3. The second-order valence-corrected chi connectivity index (χ2v) is 5.10. The van der Waals surface area contributed by atoms with Gasteiger partial charge in [-0.2, -0.15) is 0 Å². The van der Waals surface area contributed by atoms with Gasteiger partial charge in [-0.25, -0.2) is 4.39 Å². The summed E-state index contributed by atoms with van der Waals surface area (Å²) < 4.78 is 24.2. The second-order valence-electron chi connectivity index (χ2n) is 5.10. The number of hydrogen-bond acceptors (Lipinski definition) is 3. The van der Waals surface area contributed by atoms with Crippen molar-refractivity contribution in [3.8, 4) is 11.5 Å². The number of rotatable bonds is 4. The molecule has 0 spiro atoms. The SMILES string of the molecule is COc1ccc(NCC2CCOc3ccccc32)cc1F.